The van der Waals surface area contributed by atoms with Gasteiger partial charge in [0.15, 0.2) is 0 Å². The van der Waals surface area contributed by atoms with E-state index in [-0.39, 0.29) is 5.56 Å². The van der Waals surface area contributed by atoms with Crippen molar-refractivity contribution >= 4 is 39.1 Å². The van der Waals surface area contributed by atoms with E-state index in [9.17, 15) is 9.90 Å². The number of aliphatic hydroxyl groups is 1. The maximum absolute atomic E-state index is 13.5. The molecule has 0 saturated heterocycles. The van der Waals surface area contributed by atoms with Gasteiger partial charge in [-0.15, -0.1) is 11.3 Å². The summed E-state index contributed by atoms with van der Waals surface area (Å²) in [5, 5.41) is 14.1. The molecule has 3 N–H and O–H groups in total. The maximum atomic E-state index is 13.5. The topological polar surface area (TPSA) is 71.6 Å². The Bertz CT molecular complexity index is 1040. The molecular weight excluding hydrogens is 384 g/mol. The Morgan fingerprint density at radius 1 is 1.41 bits per heavy atom. The van der Waals surface area contributed by atoms with Crippen LogP contribution in [-0.4, -0.2) is 40.9 Å². The molecule has 1 aliphatic heterocycles. The van der Waals surface area contributed by atoms with Gasteiger partial charge in [0, 0.05) is 18.0 Å². The second kappa shape index (κ2) is 7.24. The van der Waals surface area contributed by atoms with Gasteiger partial charge in [-0.05, 0) is 36.8 Å². The third kappa shape index (κ3) is 3.48. The summed E-state index contributed by atoms with van der Waals surface area (Å²) >= 11 is 7.62. The van der Waals surface area contributed by atoms with E-state index in [0.717, 1.165) is 35.3 Å². The fraction of sp³-hybridized carbons (Fsp3) is 0.368. The molecule has 0 saturated carbocycles. The first-order chi connectivity index (χ1) is 12.9. The minimum Gasteiger partial charge on any atom is -0.392 e. The molecule has 0 fully saturated rings. The zero-order valence-electron chi connectivity index (χ0n) is 15.3. The first-order valence-electron chi connectivity index (χ1n) is 9.00. The highest BCUT2D eigenvalue weighted by molar-refractivity contribution is 7.18. The normalized spacial score (nSPS) is 17.7. The van der Waals surface area contributed by atoms with E-state index in [2.05, 4.69) is 12.4 Å². The Labute approximate surface area is 166 Å². The second-order valence-corrected chi connectivity index (χ2v) is 8.62. The fourth-order valence-electron chi connectivity index (χ4n) is 3.45. The third-order valence-corrected chi connectivity index (χ3v) is 6.19. The zero-order chi connectivity index (χ0) is 19.1. The van der Waals surface area contributed by atoms with Gasteiger partial charge in [0.2, 0.25) is 5.95 Å². The molecule has 2 atom stereocenters. The highest BCUT2D eigenvalue weighted by Gasteiger charge is 2.26. The molecule has 8 heteroatoms. The molecule has 3 aromatic rings. The summed E-state index contributed by atoms with van der Waals surface area (Å²) in [5.74, 6) is 0.440. The standard InChI is InChI=1S/C19H21ClN4O2S/c1-11(25)9-21-19-22-17-16(14-7-8-23(2)10-15(14)27-17)18(26)24(19)13-5-3-12(20)4-6-13/h3-6,11,25H,7-10H2,1-2H3,(H,21,22)/p+1/t11-/m0/s1. The van der Waals surface area contributed by atoms with Crippen LogP contribution in [-0.2, 0) is 13.0 Å². The summed E-state index contributed by atoms with van der Waals surface area (Å²) < 4.78 is 1.58. The van der Waals surface area contributed by atoms with Gasteiger partial charge in [-0.1, -0.05) is 11.6 Å². The molecule has 6 nitrogen and oxygen atoms in total. The van der Waals surface area contributed by atoms with Gasteiger partial charge in [-0.2, -0.15) is 0 Å². The van der Waals surface area contributed by atoms with Crippen molar-refractivity contribution in [2.75, 3.05) is 25.5 Å². The number of nitrogens with one attached hydrogen (secondary N) is 2. The quantitative estimate of drug-likeness (QED) is 0.614. The smallest absolute Gasteiger partial charge is 0.268 e. The van der Waals surface area contributed by atoms with Crippen molar-refractivity contribution in [3.63, 3.8) is 0 Å². The summed E-state index contributed by atoms with van der Waals surface area (Å²) in [6.07, 6.45) is 0.337. The molecule has 1 unspecified atom stereocenters. The van der Waals surface area contributed by atoms with Crippen molar-refractivity contribution in [2.45, 2.75) is 26.0 Å². The third-order valence-electron chi connectivity index (χ3n) is 4.81. The summed E-state index contributed by atoms with van der Waals surface area (Å²) in [6, 6.07) is 7.13. The van der Waals surface area contributed by atoms with E-state index >= 15 is 0 Å². The van der Waals surface area contributed by atoms with Crippen molar-refractivity contribution < 1.29 is 10.0 Å². The van der Waals surface area contributed by atoms with E-state index in [4.69, 9.17) is 16.6 Å². The van der Waals surface area contributed by atoms with Gasteiger partial charge in [0.25, 0.3) is 5.56 Å². The highest BCUT2D eigenvalue weighted by atomic mass is 35.5. The van der Waals surface area contributed by atoms with Crippen LogP contribution in [0.25, 0.3) is 15.9 Å². The highest BCUT2D eigenvalue weighted by Crippen LogP contribution is 2.30. The molecule has 27 heavy (non-hydrogen) atoms. The number of halogens is 1. The van der Waals surface area contributed by atoms with Gasteiger partial charge in [0.1, 0.15) is 11.4 Å². The van der Waals surface area contributed by atoms with Crippen LogP contribution in [0.4, 0.5) is 5.95 Å². The number of anilines is 1. The molecule has 0 aliphatic carbocycles. The van der Waals surface area contributed by atoms with Crippen molar-refractivity contribution in [1.29, 1.82) is 0 Å². The van der Waals surface area contributed by atoms with Gasteiger partial charge < -0.3 is 15.3 Å². The average molecular weight is 406 g/mol. The van der Waals surface area contributed by atoms with Crippen LogP contribution in [0.3, 0.4) is 0 Å². The van der Waals surface area contributed by atoms with Crippen LogP contribution in [0.5, 0.6) is 0 Å². The summed E-state index contributed by atoms with van der Waals surface area (Å²) in [7, 11) is 2.17. The Morgan fingerprint density at radius 2 is 2.15 bits per heavy atom. The number of likely N-dealkylation sites (N-methyl/N-ethyl adjacent to an activating group) is 1. The van der Waals surface area contributed by atoms with Crippen molar-refractivity contribution in [3.8, 4) is 5.69 Å². The number of aromatic nitrogens is 2. The van der Waals surface area contributed by atoms with Crippen molar-refractivity contribution in [1.82, 2.24) is 9.55 Å². The lowest BCUT2D eigenvalue weighted by Crippen LogP contribution is -3.08. The monoisotopic (exact) mass is 405 g/mol. The maximum Gasteiger partial charge on any atom is 0.268 e. The molecule has 0 radical (unpaired) electrons. The number of hydrogen-bond acceptors (Lipinski definition) is 5. The molecule has 2 aromatic heterocycles. The number of fused-ring (bicyclic) bond motifs is 3. The number of hydrogen-bond donors (Lipinski definition) is 3. The Hall–Kier alpha value is -1.93. The molecule has 1 aliphatic rings. The fourth-order valence-corrected chi connectivity index (χ4v) is 4.90. The van der Waals surface area contributed by atoms with E-state index in [0.29, 0.717) is 23.2 Å². The summed E-state index contributed by atoms with van der Waals surface area (Å²) in [6.45, 7) is 3.94. The Kier molecular flexibility index (Phi) is 4.94. The summed E-state index contributed by atoms with van der Waals surface area (Å²) in [4.78, 5) is 21.7. The molecule has 3 heterocycles. The van der Waals surface area contributed by atoms with Crippen LogP contribution >= 0.6 is 22.9 Å². The SMILES string of the molecule is C[C@H](O)CNc1nc2sc3c(c2c(=O)n1-c1ccc(Cl)cc1)CC[NH+](C)C3. The minimum absolute atomic E-state index is 0.0764. The lowest BCUT2D eigenvalue weighted by atomic mass is 10.1. The number of nitrogens with zero attached hydrogens (tertiary/aromatic N) is 2. The van der Waals surface area contributed by atoms with Gasteiger partial charge in [0.05, 0.1) is 35.6 Å². The minimum atomic E-state index is -0.551. The summed E-state index contributed by atoms with van der Waals surface area (Å²) in [5.41, 5.74) is 1.76. The van der Waals surface area contributed by atoms with Crippen LogP contribution in [0.1, 0.15) is 17.4 Å². The molecule has 142 valence electrons. The van der Waals surface area contributed by atoms with E-state index in [1.807, 2.05) is 12.1 Å². The van der Waals surface area contributed by atoms with Crippen molar-refractivity contribution in [3.05, 3.63) is 50.1 Å². The molecule has 1 aromatic carbocycles. The largest absolute Gasteiger partial charge is 0.392 e. The van der Waals surface area contributed by atoms with Crippen LogP contribution < -0.4 is 15.8 Å². The number of thiophene rings is 1. The van der Waals surface area contributed by atoms with Crippen LogP contribution in [0.2, 0.25) is 5.02 Å². The van der Waals surface area contributed by atoms with Gasteiger partial charge >= 0.3 is 0 Å². The number of quaternary nitrogens is 1. The van der Waals surface area contributed by atoms with E-state index in [1.54, 1.807) is 35.0 Å². The lowest BCUT2D eigenvalue weighted by molar-refractivity contribution is -0.895. The second-order valence-electron chi connectivity index (χ2n) is 7.10. The number of aliphatic hydroxyl groups excluding tert-OH is 1. The first kappa shape index (κ1) is 18.4. The Morgan fingerprint density at radius 3 is 2.85 bits per heavy atom. The first-order valence-corrected chi connectivity index (χ1v) is 10.2. The lowest BCUT2D eigenvalue weighted by Gasteiger charge is -2.19. The zero-order valence-corrected chi connectivity index (χ0v) is 16.8. The number of rotatable bonds is 4. The number of benzene rings is 1. The van der Waals surface area contributed by atoms with E-state index < -0.39 is 6.10 Å². The molecule has 4 rings (SSSR count). The van der Waals surface area contributed by atoms with E-state index in [1.165, 1.54) is 9.78 Å². The van der Waals surface area contributed by atoms with Gasteiger partial charge in [-0.3, -0.25) is 4.79 Å². The predicted octanol–water partition coefficient (Wildman–Crippen LogP) is 1.46. The molecular formula is C19H22ClN4O2S+. The van der Waals surface area contributed by atoms with Crippen LogP contribution in [0, 0.1) is 0 Å². The predicted molar refractivity (Wildman–Crippen MR) is 110 cm³/mol. The Balaban J connectivity index is 1.94. The van der Waals surface area contributed by atoms with Gasteiger partial charge in [-0.25, -0.2) is 9.55 Å². The average Bonchev–Trinajstić information content (AvgIpc) is 2.98. The van der Waals surface area contributed by atoms with Crippen LogP contribution in [0.15, 0.2) is 29.1 Å². The van der Waals surface area contributed by atoms with Crippen molar-refractivity contribution in [2.24, 2.45) is 0 Å². The molecule has 0 amide bonds. The molecule has 0 bridgehead atoms. The molecule has 0 spiro atoms.